The molecule has 0 unspecified atom stereocenters. The molecule has 4 rings (SSSR count). The van der Waals surface area contributed by atoms with E-state index >= 15 is 0 Å². The van der Waals surface area contributed by atoms with Gasteiger partial charge in [-0.3, -0.25) is 10.1 Å². The second-order valence-corrected chi connectivity index (χ2v) is 7.08. The maximum Gasteiger partial charge on any atom is 0.270 e. The molecule has 0 aliphatic heterocycles. The zero-order valence-corrected chi connectivity index (χ0v) is 15.9. The van der Waals surface area contributed by atoms with Crippen molar-refractivity contribution in [2.24, 2.45) is 0 Å². The van der Waals surface area contributed by atoms with Crippen LogP contribution < -0.4 is 5.32 Å². The Kier molecular flexibility index (Phi) is 5.01. The van der Waals surface area contributed by atoms with E-state index in [1.165, 1.54) is 23.5 Å². The second-order valence-electron chi connectivity index (χ2n) is 6.22. The molecule has 0 bridgehead atoms. The number of nitrogens with zero attached hydrogens (tertiary/aromatic N) is 3. The summed E-state index contributed by atoms with van der Waals surface area (Å²) in [6, 6.07) is 22.5. The van der Waals surface area contributed by atoms with Gasteiger partial charge in [0, 0.05) is 35.0 Å². The molecule has 0 saturated carbocycles. The summed E-state index contributed by atoms with van der Waals surface area (Å²) < 4.78 is 0. The van der Waals surface area contributed by atoms with Crippen LogP contribution in [0.2, 0.25) is 0 Å². The molecule has 140 valence electrons. The van der Waals surface area contributed by atoms with Gasteiger partial charge in [-0.25, -0.2) is 4.98 Å². The van der Waals surface area contributed by atoms with E-state index in [1.54, 1.807) is 23.7 Å². The number of thiazole rings is 1. The van der Waals surface area contributed by atoms with Crippen molar-refractivity contribution < 1.29 is 4.92 Å². The molecule has 6 nitrogen and oxygen atoms in total. The lowest BCUT2D eigenvalue weighted by Crippen LogP contribution is -1.91. The van der Waals surface area contributed by atoms with E-state index in [4.69, 9.17) is 0 Å². The van der Waals surface area contributed by atoms with Crippen LogP contribution >= 0.6 is 11.3 Å². The van der Waals surface area contributed by atoms with Gasteiger partial charge in [-0.15, -0.1) is 11.3 Å². The number of nitrogens with one attached hydrogen (secondary N) is 1. The SMILES string of the molecule is N#C/C(=C/Nc1ccc2ccccc2c1)c1nc(-c2cccc([N+](=O)[O-])c2)cs1. The number of non-ortho nitro benzene ring substituents is 1. The van der Waals surface area contributed by atoms with Crippen molar-refractivity contribution in [3.05, 3.63) is 93.4 Å². The van der Waals surface area contributed by atoms with Crippen molar-refractivity contribution in [2.45, 2.75) is 0 Å². The minimum Gasteiger partial charge on any atom is -0.360 e. The first kappa shape index (κ1) is 18.3. The first-order valence-electron chi connectivity index (χ1n) is 8.70. The lowest BCUT2D eigenvalue weighted by molar-refractivity contribution is -0.384. The van der Waals surface area contributed by atoms with Gasteiger partial charge < -0.3 is 5.32 Å². The summed E-state index contributed by atoms with van der Waals surface area (Å²) in [7, 11) is 0. The fourth-order valence-electron chi connectivity index (χ4n) is 2.89. The minimum atomic E-state index is -0.440. The zero-order chi connectivity index (χ0) is 20.2. The Morgan fingerprint density at radius 1 is 1.10 bits per heavy atom. The highest BCUT2D eigenvalue weighted by Crippen LogP contribution is 2.28. The summed E-state index contributed by atoms with van der Waals surface area (Å²) in [5.74, 6) is 0. The number of hydrogen-bond acceptors (Lipinski definition) is 6. The van der Waals surface area contributed by atoms with E-state index in [0.717, 1.165) is 16.5 Å². The third kappa shape index (κ3) is 3.98. The number of aromatic nitrogens is 1. The van der Waals surface area contributed by atoms with Crippen LogP contribution in [0.15, 0.2) is 78.3 Å². The molecule has 7 heteroatoms. The average molecular weight is 398 g/mol. The minimum absolute atomic E-state index is 0.00562. The number of benzene rings is 3. The summed E-state index contributed by atoms with van der Waals surface area (Å²) in [4.78, 5) is 15.0. The number of hydrogen-bond donors (Lipinski definition) is 1. The molecule has 0 aliphatic carbocycles. The third-order valence-electron chi connectivity index (χ3n) is 4.34. The Bertz CT molecular complexity index is 1290. The van der Waals surface area contributed by atoms with Crippen LogP contribution in [0.25, 0.3) is 27.6 Å². The van der Waals surface area contributed by atoms with Gasteiger partial charge in [0.15, 0.2) is 0 Å². The fourth-order valence-corrected chi connectivity index (χ4v) is 3.68. The van der Waals surface area contributed by atoms with Crippen molar-refractivity contribution >= 4 is 39.1 Å². The standard InChI is InChI=1S/C22H14N4O2S/c23-12-18(13-24-19-9-8-15-4-1-2-5-16(15)10-19)22-25-21(14-29-22)17-6-3-7-20(11-17)26(27)28/h1-11,13-14,24H/b18-13-. The lowest BCUT2D eigenvalue weighted by atomic mass is 10.1. The predicted octanol–water partition coefficient (Wildman–Crippen LogP) is 5.85. The van der Waals surface area contributed by atoms with E-state index in [2.05, 4.69) is 16.4 Å². The number of nitro groups is 1. The molecule has 0 aliphatic rings. The van der Waals surface area contributed by atoms with Crippen LogP contribution in [0.5, 0.6) is 0 Å². The summed E-state index contributed by atoms with van der Waals surface area (Å²) in [5.41, 5.74) is 2.50. The van der Waals surface area contributed by atoms with E-state index in [0.29, 0.717) is 21.8 Å². The number of rotatable bonds is 5. The van der Waals surface area contributed by atoms with Crippen molar-refractivity contribution in [3.63, 3.8) is 0 Å². The van der Waals surface area contributed by atoms with Gasteiger partial charge in [0.1, 0.15) is 16.6 Å². The number of anilines is 1. The molecule has 0 fully saturated rings. The van der Waals surface area contributed by atoms with Crippen LogP contribution in [0.4, 0.5) is 11.4 Å². The molecule has 1 heterocycles. The van der Waals surface area contributed by atoms with Gasteiger partial charge in [0.05, 0.1) is 10.6 Å². The molecule has 0 radical (unpaired) electrons. The molecule has 1 aromatic heterocycles. The van der Waals surface area contributed by atoms with Gasteiger partial charge in [-0.1, -0.05) is 42.5 Å². The third-order valence-corrected chi connectivity index (χ3v) is 5.22. The van der Waals surface area contributed by atoms with Gasteiger partial charge in [-0.05, 0) is 22.9 Å². The number of nitro benzene ring substituents is 1. The second kappa shape index (κ2) is 7.92. The Morgan fingerprint density at radius 3 is 2.72 bits per heavy atom. The van der Waals surface area contributed by atoms with Crippen LogP contribution in [0.3, 0.4) is 0 Å². The van der Waals surface area contributed by atoms with E-state index in [9.17, 15) is 15.4 Å². The molecule has 4 aromatic rings. The van der Waals surface area contributed by atoms with Crippen LogP contribution in [-0.2, 0) is 0 Å². The van der Waals surface area contributed by atoms with Crippen molar-refractivity contribution in [3.8, 4) is 17.3 Å². The number of fused-ring (bicyclic) bond motifs is 1. The fraction of sp³-hybridized carbons (Fsp3) is 0. The number of nitriles is 1. The predicted molar refractivity (Wildman–Crippen MR) is 115 cm³/mol. The molecule has 0 saturated heterocycles. The number of allylic oxidation sites excluding steroid dienone is 1. The molecule has 0 spiro atoms. The van der Waals surface area contributed by atoms with E-state index in [-0.39, 0.29) is 5.69 Å². The summed E-state index contributed by atoms with van der Waals surface area (Å²) >= 11 is 1.32. The van der Waals surface area contributed by atoms with Crippen LogP contribution in [-0.4, -0.2) is 9.91 Å². The Morgan fingerprint density at radius 2 is 1.93 bits per heavy atom. The molecular formula is C22H14N4O2S. The summed E-state index contributed by atoms with van der Waals surface area (Å²) in [6.07, 6.45) is 1.63. The van der Waals surface area contributed by atoms with Gasteiger partial charge >= 0.3 is 0 Å². The van der Waals surface area contributed by atoms with Gasteiger partial charge in [-0.2, -0.15) is 5.26 Å². The smallest absolute Gasteiger partial charge is 0.270 e. The maximum atomic E-state index is 11.0. The Hall–Kier alpha value is -4.02. The molecular weight excluding hydrogens is 384 g/mol. The maximum absolute atomic E-state index is 11.0. The average Bonchev–Trinajstić information content (AvgIpc) is 3.24. The Balaban J connectivity index is 1.58. The molecule has 0 atom stereocenters. The lowest BCUT2D eigenvalue weighted by Gasteiger charge is -2.04. The van der Waals surface area contributed by atoms with E-state index < -0.39 is 4.92 Å². The first-order valence-corrected chi connectivity index (χ1v) is 9.58. The topological polar surface area (TPSA) is 91.8 Å². The highest BCUT2D eigenvalue weighted by atomic mass is 32.1. The van der Waals surface area contributed by atoms with Gasteiger partial charge in [0.2, 0.25) is 0 Å². The van der Waals surface area contributed by atoms with E-state index in [1.807, 2.05) is 42.5 Å². The summed E-state index contributed by atoms with van der Waals surface area (Å²) in [6.45, 7) is 0. The van der Waals surface area contributed by atoms with Crippen LogP contribution in [0.1, 0.15) is 5.01 Å². The molecule has 29 heavy (non-hydrogen) atoms. The van der Waals surface area contributed by atoms with Crippen LogP contribution in [0, 0.1) is 21.4 Å². The Labute approximate surface area is 170 Å². The largest absolute Gasteiger partial charge is 0.360 e. The monoisotopic (exact) mass is 398 g/mol. The van der Waals surface area contributed by atoms with Crippen molar-refractivity contribution in [2.75, 3.05) is 5.32 Å². The molecule has 0 amide bonds. The molecule has 3 aromatic carbocycles. The quantitative estimate of drug-likeness (QED) is 0.259. The van der Waals surface area contributed by atoms with Crippen molar-refractivity contribution in [1.29, 1.82) is 5.26 Å². The first-order chi connectivity index (χ1) is 14.1. The van der Waals surface area contributed by atoms with Gasteiger partial charge in [0.25, 0.3) is 5.69 Å². The van der Waals surface area contributed by atoms with Crippen molar-refractivity contribution in [1.82, 2.24) is 4.98 Å². The molecule has 1 N–H and O–H groups in total. The highest BCUT2D eigenvalue weighted by molar-refractivity contribution is 7.11. The highest BCUT2D eigenvalue weighted by Gasteiger charge is 2.12. The zero-order valence-electron chi connectivity index (χ0n) is 15.1. The summed E-state index contributed by atoms with van der Waals surface area (Å²) in [5, 5.41) is 28.2. The normalized spacial score (nSPS) is 11.2.